The van der Waals surface area contributed by atoms with E-state index in [0.717, 1.165) is 91.8 Å². The van der Waals surface area contributed by atoms with Crippen molar-refractivity contribution in [1.29, 1.82) is 0 Å². The summed E-state index contributed by atoms with van der Waals surface area (Å²) in [5.41, 5.74) is 3.40. The molecule has 3 aliphatic heterocycles. The smallest absolute Gasteiger partial charge is 0.251 e. The molecule has 2 saturated heterocycles. The van der Waals surface area contributed by atoms with Crippen molar-refractivity contribution < 1.29 is 18.5 Å². The number of aromatic amines is 1. The number of aryl methyl sites for hydroxylation is 2. The fourth-order valence-corrected chi connectivity index (χ4v) is 6.65. The van der Waals surface area contributed by atoms with Crippen LogP contribution >= 0.6 is 0 Å². The summed E-state index contributed by atoms with van der Waals surface area (Å²) in [4.78, 5) is 25.2. The number of benzene rings is 1. The zero-order valence-corrected chi connectivity index (χ0v) is 23.5. The van der Waals surface area contributed by atoms with Gasteiger partial charge in [0, 0.05) is 80.7 Å². The number of anilines is 2. The Balaban J connectivity index is 1.04. The fraction of sp³-hybridized carbons (Fsp3) is 0.500. The summed E-state index contributed by atoms with van der Waals surface area (Å²) in [6, 6.07) is 7.55. The summed E-state index contributed by atoms with van der Waals surface area (Å²) in [5, 5.41) is 13.3. The van der Waals surface area contributed by atoms with Crippen molar-refractivity contribution in [2.75, 3.05) is 42.3 Å². The number of carbonyl (C=O) groups excluding carboxylic acids is 1. The standard InChI is InChI=1S/C28H35N7O4S/c1-18-20(17-30-34-18)16-29-27(36)19-2-4-22(5-3-19)39-23-6-11-35(12-7-23)28-32-24-10-15-40(37)25(24)26(33-28)31-21-8-13-38-14-9-21/h2-5,17,21,23H,6-16H2,1H3,(H,29,36)(H,30,34)(H,31,32,33). The quantitative estimate of drug-likeness (QED) is 0.377. The van der Waals surface area contributed by atoms with E-state index in [9.17, 15) is 9.00 Å². The number of H-pyrrole nitrogens is 1. The maximum Gasteiger partial charge on any atom is 0.251 e. The number of nitrogens with zero attached hydrogens (tertiary/aromatic N) is 4. The molecule has 212 valence electrons. The van der Waals surface area contributed by atoms with Crippen LogP contribution in [0.15, 0.2) is 35.4 Å². The van der Waals surface area contributed by atoms with E-state index in [1.54, 1.807) is 18.3 Å². The number of amides is 1. The molecule has 2 fully saturated rings. The molecular weight excluding hydrogens is 530 g/mol. The average molecular weight is 566 g/mol. The number of ether oxygens (including phenoxy) is 2. The topological polar surface area (TPSA) is 134 Å². The summed E-state index contributed by atoms with van der Waals surface area (Å²) in [6.45, 7) is 5.37. The lowest BCUT2D eigenvalue weighted by Crippen LogP contribution is -2.39. The molecule has 0 spiro atoms. The maximum atomic E-state index is 12.7. The van der Waals surface area contributed by atoms with E-state index < -0.39 is 10.8 Å². The Morgan fingerprint density at radius 1 is 1.15 bits per heavy atom. The predicted molar refractivity (Wildman–Crippen MR) is 151 cm³/mol. The molecule has 12 heteroatoms. The van der Waals surface area contributed by atoms with Gasteiger partial charge in [0.25, 0.3) is 5.91 Å². The molecule has 0 bridgehead atoms. The van der Waals surface area contributed by atoms with Crippen molar-refractivity contribution in [2.24, 2.45) is 0 Å². The molecule has 3 aromatic rings. The molecule has 1 aromatic carbocycles. The van der Waals surface area contributed by atoms with Crippen LogP contribution in [0.5, 0.6) is 5.75 Å². The Kier molecular flexibility index (Phi) is 7.96. The summed E-state index contributed by atoms with van der Waals surface area (Å²) in [5.74, 6) is 2.65. The van der Waals surface area contributed by atoms with E-state index in [1.165, 1.54) is 0 Å². The van der Waals surface area contributed by atoms with Gasteiger partial charge in [0.2, 0.25) is 5.95 Å². The average Bonchev–Trinajstić information content (AvgIpc) is 3.57. The first-order valence-corrected chi connectivity index (χ1v) is 15.3. The fourth-order valence-electron chi connectivity index (χ4n) is 5.34. The lowest BCUT2D eigenvalue weighted by atomic mass is 10.1. The van der Waals surface area contributed by atoms with Gasteiger partial charge in [-0.2, -0.15) is 10.1 Å². The molecule has 40 heavy (non-hydrogen) atoms. The van der Waals surface area contributed by atoms with Crippen LogP contribution in [0.25, 0.3) is 0 Å². The highest BCUT2D eigenvalue weighted by Crippen LogP contribution is 2.32. The van der Waals surface area contributed by atoms with E-state index in [0.29, 0.717) is 23.8 Å². The van der Waals surface area contributed by atoms with Gasteiger partial charge in [0.15, 0.2) is 0 Å². The third kappa shape index (κ3) is 5.97. The lowest BCUT2D eigenvalue weighted by molar-refractivity contribution is 0.0903. The summed E-state index contributed by atoms with van der Waals surface area (Å²) in [7, 11) is -1.06. The monoisotopic (exact) mass is 565 g/mol. The van der Waals surface area contributed by atoms with E-state index in [-0.39, 0.29) is 18.1 Å². The van der Waals surface area contributed by atoms with Gasteiger partial charge in [-0.25, -0.2) is 4.98 Å². The Bertz CT molecular complexity index is 1370. The normalized spacial score (nSPS) is 19.8. The van der Waals surface area contributed by atoms with Crippen LogP contribution in [0.2, 0.25) is 0 Å². The summed E-state index contributed by atoms with van der Waals surface area (Å²) >= 11 is 0. The lowest BCUT2D eigenvalue weighted by Gasteiger charge is -2.33. The first-order valence-electron chi connectivity index (χ1n) is 14.0. The van der Waals surface area contributed by atoms with Crippen LogP contribution in [0.3, 0.4) is 0 Å². The van der Waals surface area contributed by atoms with Crippen LogP contribution in [0.1, 0.15) is 53.0 Å². The minimum absolute atomic E-state index is 0.0711. The summed E-state index contributed by atoms with van der Waals surface area (Å²) < 4.78 is 24.4. The third-order valence-electron chi connectivity index (χ3n) is 7.76. The van der Waals surface area contributed by atoms with Crippen LogP contribution < -0.4 is 20.3 Å². The Hall–Kier alpha value is -3.51. The first-order chi connectivity index (χ1) is 19.5. The third-order valence-corrected chi connectivity index (χ3v) is 9.22. The Labute approximate surface area is 235 Å². The minimum atomic E-state index is -1.06. The van der Waals surface area contributed by atoms with Crippen molar-refractivity contribution in [2.45, 2.75) is 62.6 Å². The molecule has 0 saturated carbocycles. The highest BCUT2D eigenvalue weighted by Gasteiger charge is 2.30. The van der Waals surface area contributed by atoms with Gasteiger partial charge >= 0.3 is 0 Å². The number of rotatable bonds is 8. The second-order valence-corrected chi connectivity index (χ2v) is 12.0. The first kappa shape index (κ1) is 26.7. The number of piperidine rings is 1. The molecule has 1 unspecified atom stereocenters. The molecule has 6 rings (SSSR count). The molecular formula is C28H35N7O4S. The van der Waals surface area contributed by atoms with Crippen molar-refractivity contribution in [1.82, 2.24) is 25.5 Å². The van der Waals surface area contributed by atoms with E-state index >= 15 is 0 Å². The highest BCUT2D eigenvalue weighted by molar-refractivity contribution is 7.85. The molecule has 1 atom stereocenters. The molecule has 0 aliphatic carbocycles. The highest BCUT2D eigenvalue weighted by atomic mass is 32.2. The molecule has 3 aliphatic rings. The van der Waals surface area contributed by atoms with Gasteiger partial charge in [-0.1, -0.05) is 0 Å². The number of hydrogen-bond donors (Lipinski definition) is 3. The number of fused-ring (bicyclic) bond motifs is 1. The summed E-state index contributed by atoms with van der Waals surface area (Å²) in [6.07, 6.45) is 6.01. The molecule has 1 amide bonds. The van der Waals surface area contributed by atoms with Gasteiger partial charge in [0.1, 0.15) is 22.6 Å². The molecule has 2 aromatic heterocycles. The van der Waals surface area contributed by atoms with Gasteiger partial charge in [-0.3, -0.25) is 14.1 Å². The Morgan fingerprint density at radius 3 is 2.65 bits per heavy atom. The SMILES string of the molecule is Cc1[nH]ncc1CNC(=O)c1ccc(OC2CCN(c3nc4c(c(NC5CCOCC5)n3)S(=O)CC4)CC2)cc1. The molecule has 3 N–H and O–H groups in total. The number of hydrogen-bond acceptors (Lipinski definition) is 9. The largest absolute Gasteiger partial charge is 0.490 e. The van der Waals surface area contributed by atoms with Gasteiger partial charge in [-0.05, 0) is 44.0 Å². The van der Waals surface area contributed by atoms with Crippen LogP contribution in [0.4, 0.5) is 11.8 Å². The van der Waals surface area contributed by atoms with Crippen LogP contribution in [-0.2, 0) is 28.5 Å². The maximum absolute atomic E-state index is 12.7. The molecule has 0 radical (unpaired) electrons. The van der Waals surface area contributed by atoms with Gasteiger partial charge < -0.3 is 25.0 Å². The van der Waals surface area contributed by atoms with E-state index in [2.05, 4.69) is 25.7 Å². The predicted octanol–water partition coefficient (Wildman–Crippen LogP) is 2.74. The zero-order chi connectivity index (χ0) is 27.5. The van der Waals surface area contributed by atoms with Gasteiger partial charge in [0.05, 0.1) is 22.7 Å². The minimum Gasteiger partial charge on any atom is -0.490 e. The number of aromatic nitrogens is 4. The number of nitrogens with one attached hydrogen (secondary N) is 3. The van der Waals surface area contributed by atoms with Crippen molar-refractivity contribution in [3.05, 3.63) is 53.0 Å². The Morgan fingerprint density at radius 2 is 1.93 bits per heavy atom. The molecule has 5 heterocycles. The van der Waals surface area contributed by atoms with E-state index in [1.807, 2.05) is 19.1 Å². The van der Waals surface area contributed by atoms with Crippen LogP contribution in [-0.4, -0.2) is 74.5 Å². The van der Waals surface area contributed by atoms with Crippen molar-refractivity contribution in [3.8, 4) is 5.75 Å². The number of carbonyl (C=O) groups is 1. The second-order valence-electron chi connectivity index (χ2n) is 10.5. The van der Waals surface area contributed by atoms with Crippen LogP contribution in [0, 0.1) is 6.92 Å². The van der Waals surface area contributed by atoms with Gasteiger partial charge in [-0.15, -0.1) is 0 Å². The second kappa shape index (κ2) is 11.9. The molecule has 11 nitrogen and oxygen atoms in total. The van der Waals surface area contributed by atoms with Crippen molar-refractivity contribution >= 4 is 28.5 Å². The van der Waals surface area contributed by atoms with Crippen molar-refractivity contribution in [3.63, 3.8) is 0 Å². The zero-order valence-electron chi connectivity index (χ0n) is 22.6. The van der Waals surface area contributed by atoms with E-state index in [4.69, 9.17) is 19.4 Å².